The van der Waals surface area contributed by atoms with Gasteiger partial charge in [-0.2, -0.15) is 10.4 Å². The van der Waals surface area contributed by atoms with Crippen LogP contribution >= 0.6 is 0 Å². The summed E-state index contributed by atoms with van der Waals surface area (Å²) in [6, 6.07) is 6.15. The van der Waals surface area contributed by atoms with E-state index in [9.17, 15) is 9.50 Å². The minimum atomic E-state index is -0.825. The molecule has 1 aromatic heterocycles. The zero-order valence-corrected chi connectivity index (χ0v) is 13.4. The van der Waals surface area contributed by atoms with Crippen LogP contribution in [0.15, 0.2) is 36.2 Å². The number of aryl methyl sites for hydroxylation is 1. The van der Waals surface area contributed by atoms with Crippen molar-refractivity contribution in [2.75, 3.05) is 0 Å². The highest BCUT2D eigenvalue weighted by molar-refractivity contribution is 5.80. The number of aromatic nitrogens is 2. The van der Waals surface area contributed by atoms with Gasteiger partial charge in [-0.15, -0.1) is 0 Å². The van der Waals surface area contributed by atoms with Crippen molar-refractivity contribution in [1.82, 2.24) is 15.1 Å². The zero-order chi connectivity index (χ0) is 17.7. The Morgan fingerprint density at radius 3 is 2.96 bits per heavy atom. The van der Waals surface area contributed by atoms with Gasteiger partial charge < -0.3 is 15.8 Å². The molecule has 2 aromatic rings. The number of allylic oxidation sites excluding steroid dienone is 1. The van der Waals surface area contributed by atoms with Crippen LogP contribution in [-0.4, -0.2) is 21.1 Å². The third-order valence-corrected chi connectivity index (χ3v) is 3.57. The molecule has 0 aliphatic carbocycles. The van der Waals surface area contributed by atoms with E-state index in [0.717, 1.165) is 17.5 Å². The van der Waals surface area contributed by atoms with Crippen LogP contribution in [0.4, 0.5) is 4.39 Å². The fourth-order valence-corrected chi connectivity index (χ4v) is 2.43. The molecule has 1 atom stereocenters. The normalized spacial score (nSPS) is 12.5. The highest BCUT2D eigenvalue weighted by atomic mass is 19.1. The molecule has 0 aliphatic heterocycles. The molecule has 124 valence electrons. The fourth-order valence-electron chi connectivity index (χ4n) is 2.43. The van der Waals surface area contributed by atoms with E-state index in [0.29, 0.717) is 17.7 Å². The molecule has 1 heterocycles. The van der Waals surface area contributed by atoms with E-state index in [-0.39, 0.29) is 5.57 Å². The maximum absolute atomic E-state index is 13.5. The lowest BCUT2D eigenvalue weighted by Crippen LogP contribution is -2.08. The SMILES string of the molecule is CC(O)c1cc(F)ccc1-c1c(CN/C=C(/C#N)C=N)cnn1C. The first kappa shape index (κ1) is 17.4. The molecule has 2 rings (SSSR count). The molecular formula is C17H18FN5O. The maximum atomic E-state index is 13.5. The molecule has 0 bridgehead atoms. The van der Waals surface area contributed by atoms with Crippen molar-refractivity contribution in [2.24, 2.45) is 7.05 Å². The van der Waals surface area contributed by atoms with Crippen molar-refractivity contribution in [3.8, 4) is 17.3 Å². The third-order valence-electron chi connectivity index (χ3n) is 3.57. The van der Waals surface area contributed by atoms with Gasteiger partial charge >= 0.3 is 0 Å². The Morgan fingerprint density at radius 2 is 2.33 bits per heavy atom. The Labute approximate surface area is 139 Å². The summed E-state index contributed by atoms with van der Waals surface area (Å²) in [7, 11) is 1.77. The summed E-state index contributed by atoms with van der Waals surface area (Å²) in [5.41, 5.74) is 2.95. The van der Waals surface area contributed by atoms with Crippen LogP contribution in [0.3, 0.4) is 0 Å². The van der Waals surface area contributed by atoms with Gasteiger partial charge in [-0.1, -0.05) is 0 Å². The number of aliphatic hydroxyl groups excluding tert-OH is 1. The summed E-state index contributed by atoms with van der Waals surface area (Å²) >= 11 is 0. The first-order valence-electron chi connectivity index (χ1n) is 7.30. The number of benzene rings is 1. The number of nitriles is 1. The molecule has 0 aliphatic rings. The van der Waals surface area contributed by atoms with Crippen molar-refractivity contribution in [3.05, 3.63) is 53.1 Å². The van der Waals surface area contributed by atoms with Crippen LogP contribution in [-0.2, 0) is 13.6 Å². The van der Waals surface area contributed by atoms with Crippen LogP contribution in [0.2, 0.25) is 0 Å². The van der Waals surface area contributed by atoms with Crippen molar-refractivity contribution >= 4 is 6.21 Å². The summed E-state index contributed by atoms with van der Waals surface area (Å²) in [5.74, 6) is -0.413. The summed E-state index contributed by atoms with van der Waals surface area (Å²) in [5, 5.41) is 33.0. The Morgan fingerprint density at radius 1 is 1.58 bits per heavy atom. The van der Waals surface area contributed by atoms with Crippen LogP contribution in [0.1, 0.15) is 24.2 Å². The first-order chi connectivity index (χ1) is 11.5. The molecule has 0 spiro atoms. The van der Waals surface area contributed by atoms with E-state index >= 15 is 0 Å². The molecule has 7 heteroatoms. The zero-order valence-electron chi connectivity index (χ0n) is 13.4. The van der Waals surface area contributed by atoms with Gasteiger partial charge in [-0.05, 0) is 30.7 Å². The minimum Gasteiger partial charge on any atom is -0.389 e. The monoisotopic (exact) mass is 327 g/mol. The largest absolute Gasteiger partial charge is 0.389 e. The van der Waals surface area contributed by atoms with Gasteiger partial charge in [0.05, 0.1) is 23.6 Å². The van der Waals surface area contributed by atoms with E-state index < -0.39 is 11.9 Å². The topological polar surface area (TPSA) is 97.7 Å². The molecule has 0 amide bonds. The molecule has 0 saturated carbocycles. The number of hydrogen-bond donors (Lipinski definition) is 3. The van der Waals surface area contributed by atoms with E-state index in [1.165, 1.54) is 18.3 Å². The first-order valence-corrected chi connectivity index (χ1v) is 7.30. The minimum absolute atomic E-state index is 0.201. The van der Waals surface area contributed by atoms with Crippen LogP contribution in [0, 0.1) is 22.6 Å². The predicted molar refractivity (Wildman–Crippen MR) is 88.6 cm³/mol. The van der Waals surface area contributed by atoms with Gasteiger partial charge in [0, 0.05) is 37.1 Å². The van der Waals surface area contributed by atoms with Gasteiger partial charge in [-0.25, -0.2) is 4.39 Å². The Hall–Kier alpha value is -2.98. The van der Waals surface area contributed by atoms with Gasteiger partial charge in [0.2, 0.25) is 0 Å². The molecule has 3 N–H and O–H groups in total. The van der Waals surface area contributed by atoms with Crippen LogP contribution < -0.4 is 5.32 Å². The van der Waals surface area contributed by atoms with E-state index in [1.54, 1.807) is 30.9 Å². The second-order valence-corrected chi connectivity index (χ2v) is 5.29. The average molecular weight is 327 g/mol. The lowest BCUT2D eigenvalue weighted by atomic mass is 9.98. The van der Waals surface area contributed by atoms with Gasteiger partial charge in [0.15, 0.2) is 0 Å². The number of aliphatic hydroxyl groups is 1. The van der Waals surface area contributed by atoms with Crippen molar-refractivity contribution in [1.29, 1.82) is 10.7 Å². The quantitative estimate of drug-likeness (QED) is 0.560. The van der Waals surface area contributed by atoms with E-state index in [1.807, 2.05) is 6.07 Å². The summed E-state index contributed by atoms with van der Waals surface area (Å²) in [6.45, 7) is 1.96. The Bertz CT molecular complexity index is 817. The molecule has 0 radical (unpaired) electrons. The van der Waals surface area contributed by atoms with Crippen molar-refractivity contribution in [3.63, 3.8) is 0 Å². The summed E-state index contributed by atoms with van der Waals surface area (Å²) in [6.07, 6.45) is 3.25. The second-order valence-electron chi connectivity index (χ2n) is 5.29. The van der Waals surface area contributed by atoms with Crippen molar-refractivity contribution < 1.29 is 9.50 Å². The number of hydrogen-bond acceptors (Lipinski definition) is 5. The smallest absolute Gasteiger partial charge is 0.123 e. The maximum Gasteiger partial charge on any atom is 0.123 e. The van der Waals surface area contributed by atoms with Gasteiger partial charge in [0.25, 0.3) is 0 Å². The molecule has 0 fully saturated rings. The molecular weight excluding hydrogens is 309 g/mol. The standard InChI is InChI=1S/C17H18FN5O/c1-11(24)16-5-14(18)3-4-15(16)17-13(10-22-23(17)2)9-21-8-12(6-19)7-20/h3-6,8,10-11,19,21,24H,9H2,1-2H3/b12-8+,19-6?. The predicted octanol–water partition coefficient (Wildman–Crippen LogP) is 2.43. The van der Waals surface area contributed by atoms with E-state index in [4.69, 9.17) is 10.7 Å². The summed E-state index contributed by atoms with van der Waals surface area (Å²) < 4.78 is 15.2. The summed E-state index contributed by atoms with van der Waals surface area (Å²) in [4.78, 5) is 0. The van der Waals surface area contributed by atoms with Crippen LogP contribution in [0.25, 0.3) is 11.3 Å². The molecule has 1 aromatic carbocycles. The highest BCUT2D eigenvalue weighted by Gasteiger charge is 2.17. The second kappa shape index (κ2) is 7.53. The van der Waals surface area contributed by atoms with Gasteiger partial charge in [-0.3, -0.25) is 4.68 Å². The van der Waals surface area contributed by atoms with Gasteiger partial charge in [0.1, 0.15) is 11.9 Å². The lowest BCUT2D eigenvalue weighted by Gasteiger charge is -2.14. The highest BCUT2D eigenvalue weighted by Crippen LogP contribution is 2.31. The number of rotatable bonds is 6. The lowest BCUT2D eigenvalue weighted by molar-refractivity contribution is 0.199. The molecule has 0 saturated heterocycles. The number of nitrogens with one attached hydrogen (secondary N) is 2. The van der Waals surface area contributed by atoms with Crippen molar-refractivity contribution in [2.45, 2.75) is 19.6 Å². The number of nitrogens with zero attached hydrogens (tertiary/aromatic N) is 3. The number of halogens is 1. The molecule has 24 heavy (non-hydrogen) atoms. The van der Waals surface area contributed by atoms with Crippen LogP contribution in [0.5, 0.6) is 0 Å². The average Bonchev–Trinajstić information content (AvgIpc) is 2.92. The molecule has 1 unspecified atom stereocenters. The fraction of sp³-hybridized carbons (Fsp3) is 0.235. The van der Waals surface area contributed by atoms with E-state index in [2.05, 4.69) is 10.4 Å². The third kappa shape index (κ3) is 3.67. The molecule has 6 nitrogen and oxygen atoms in total. The Balaban J connectivity index is 2.40. The Kier molecular flexibility index (Phi) is 5.45.